The van der Waals surface area contributed by atoms with Crippen LogP contribution in [-0.4, -0.2) is 28.3 Å². The Balaban J connectivity index is 2.35. The van der Waals surface area contributed by atoms with Gasteiger partial charge in [-0.1, -0.05) is 60.5 Å². The van der Waals surface area contributed by atoms with Crippen molar-refractivity contribution in [2.75, 3.05) is 0 Å². The number of benzene rings is 2. The maximum atomic E-state index is 13.5. The zero-order valence-electron chi connectivity index (χ0n) is 19.5. The maximum Gasteiger partial charge on any atom is 0.243 e. The van der Waals surface area contributed by atoms with Crippen LogP contribution in [0.4, 0.5) is 0 Å². The number of carbonyl (C=O) groups is 2. The van der Waals surface area contributed by atoms with E-state index in [9.17, 15) is 9.59 Å². The Bertz CT molecular complexity index is 879. The van der Waals surface area contributed by atoms with Gasteiger partial charge in [0.25, 0.3) is 0 Å². The third-order valence-corrected chi connectivity index (χ3v) is 5.20. The maximum absolute atomic E-state index is 13.5. The summed E-state index contributed by atoms with van der Waals surface area (Å²) < 4.78 is 0. The molecule has 162 valence electrons. The van der Waals surface area contributed by atoms with E-state index in [1.807, 2.05) is 78.8 Å². The summed E-state index contributed by atoms with van der Waals surface area (Å²) in [5.74, 6) is -0.133. The van der Waals surface area contributed by atoms with Crippen LogP contribution in [-0.2, 0) is 22.6 Å². The predicted molar refractivity (Wildman–Crippen MR) is 123 cm³/mol. The van der Waals surface area contributed by atoms with E-state index in [4.69, 9.17) is 0 Å². The summed E-state index contributed by atoms with van der Waals surface area (Å²) >= 11 is 0. The zero-order valence-corrected chi connectivity index (χ0v) is 19.5. The van der Waals surface area contributed by atoms with Gasteiger partial charge in [0.2, 0.25) is 11.8 Å². The Kier molecular flexibility index (Phi) is 7.83. The lowest BCUT2D eigenvalue weighted by atomic mass is 10.0. The smallest absolute Gasteiger partial charge is 0.243 e. The molecule has 0 bridgehead atoms. The molecule has 0 spiro atoms. The molecule has 2 rings (SSSR count). The fourth-order valence-corrected chi connectivity index (χ4v) is 3.52. The molecule has 0 saturated heterocycles. The van der Waals surface area contributed by atoms with Gasteiger partial charge in [0.05, 0.1) is 6.42 Å². The zero-order chi connectivity index (χ0) is 22.5. The molecular formula is C26H36N2O2. The Morgan fingerprint density at radius 3 is 2.13 bits per heavy atom. The molecule has 2 amide bonds. The first-order chi connectivity index (χ1) is 14.0. The molecule has 0 saturated carbocycles. The largest absolute Gasteiger partial charge is 0.350 e. The summed E-state index contributed by atoms with van der Waals surface area (Å²) in [6.07, 6.45) is 0.852. The van der Waals surface area contributed by atoms with Crippen molar-refractivity contribution in [2.45, 2.75) is 79.4 Å². The molecular weight excluding hydrogens is 372 g/mol. The highest BCUT2D eigenvalue weighted by atomic mass is 16.2. The van der Waals surface area contributed by atoms with E-state index >= 15 is 0 Å². The quantitative estimate of drug-likeness (QED) is 0.710. The van der Waals surface area contributed by atoms with Crippen molar-refractivity contribution in [3.63, 3.8) is 0 Å². The molecule has 0 unspecified atom stereocenters. The van der Waals surface area contributed by atoms with Crippen molar-refractivity contribution in [3.8, 4) is 0 Å². The van der Waals surface area contributed by atoms with E-state index in [2.05, 4.69) is 17.4 Å². The highest BCUT2D eigenvalue weighted by molar-refractivity contribution is 5.89. The van der Waals surface area contributed by atoms with Gasteiger partial charge >= 0.3 is 0 Å². The molecule has 0 aliphatic carbocycles. The summed E-state index contributed by atoms with van der Waals surface area (Å²) in [6, 6.07) is 13.8. The molecule has 0 radical (unpaired) electrons. The van der Waals surface area contributed by atoms with Crippen molar-refractivity contribution in [1.29, 1.82) is 0 Å². The summed E-state index contributed by atoms with van der Waals surface area (Å²) in [4.78, 5) is 28.3. The Labute approximate surface area is 181 Å². The molecule has 30 heavy (non-hydrogen) atoms. The van der Waals surface area contributed by atoms with E-state index < -0.39 is 6.04 Å². The van der Waals surface area contributed by atoms with Gasteiger partial charge < -0.3 is 10.2 Å². The van der Waals surface area contributed by atoms with Gasteiger partial charge in [-0.15, -0.1) is 0 Å². The van der Waals surface area contributed by atoms with Crippen molar-refractivity contribution in [2.24, 2.45) is 0 Å². The highest BCUT2D eigenvalue weighted by Crippen LogP contribution is 2.18. The molecule has 4 nitrogen and oxygen atoms in total. The minimum Gasteiger partial charge on any atom is -0.350 e. The molecule has 2 aromatic rings. The van der Waals surface area contributed by atoms with Gasteiger partial charge in [-0.05, 0) is 64.7 Å². The Morgan fingerprint density at radius 2 is 1.57 bits per heavy atom. The molecule has 1 N–H and O–H groups in total. The minimum absolute atomic E-state index is 0.0276. The van der Waals surface area contributed by atoms with Crippen molar-refractivity contribution in [3.05, 3.63) is 70.3 Å². The summed E-state index contributed by atoms with van der Waals surface area (Å²) in [5, 5.41) is 3.05. The lowest BCUT2D eigenvalue weighted by molar-refractivity contribution is -0.141. The first-order valence-electron chi connectivity index (χ1n) is 10.7. The molecule has 0 aliphatic rings. The third kappa shape index (κ3) is 6.72. The molecule has 4 heteroatoms. The van der Waals surface area contributed by atoms with Crippen LogP contribution in [0.15, 0.2) is 42.5 Å². The summed E-state index contributed by atoms with van der Waals surface area (Å²) in [7, 11) is 0. The fourth-order valence-electron chi connectivity index (χ4n) is 3.52. The summed E-state index contributed by atoms with van der Waals surface area (Å²) in [6.45, 7) is 14.3. The second kappa shape index (κ2) is 9.92. The van der Waals surface area contributed by atoms with E-state index in [0.717, 1.165) is 22.3 Å². The minimum atomic E-state index is -0.511. The number of nitrogens with zero attached hydrogens (tertiary/aromatic N) is 1. The van der Waals surface area contributed by atoms with Gasteiger partial charge in [-0.3, -0.25) is 9.59 Å². The number of rotatable bonds is 7. The van der Waals surface area contributed by atoms with Crippen LogP contribution in [0.5, 0.6) is 0 Å². The second-order valence-electron chi connectivity index (χ2n) is 9.28. The van der Waals surface area contributed by atoms with E-state index in [1.54, 1.807) is 4.90 Å². The fraction of sp³-hybridized carbons (Fsp3) is 0.462. The SMILES string of the molecule is CC[C@@H](C(=O)NC(C)(C)C)N(Cc1ccc(C)cc1)C(=O)Cc1cc(C)ccc1C. The average Bonchev–Trinajstić information content (AvgIpc) is 2.64. The second-order valence-corrected chi connectivity index (χ2v) is 9.28. The van der Waals surface area contributed by atoms with Crippen LogP contribution in [0.1, 0.15) is 61.9 Å². The standard InChI is InChI=1S/C26H36N2O2/c1-8-23(25(30)27-26(5,6)7)28(17-21-13-10-18(2)11-14-21)24(29)16-22-15-19(3)9-12-20(22)4/h9-15,23H,8,16-17H2,1-7H3,(H,27,30)/t23-/m0/s1. The lowest BCUT2D eigenvalue weighted by Crippen LogP contribution is -2.53. The number of amides is 2. The Hall–Kier alpha value is -2.62. The number of hydrogen-bond donors (Lipinski definition) is 1. The van der Waals surface area contributed by atoms with Crippen LogP contribution in [0.2, 0.25) is 0 Å². The van der Waals surface area contributed by atoms with E-state index in [-0.39, 0.29) is 17.4 Å². The van der Waals surface area contributed by atoms with Crippen molar-refractivity contribution < 1.29 is 9.59 Å². The first-order valence-corrected chi connectivity index (χ1v) is 10.7. The van der Waals surface area contributed by atoms with Crippen LogP contribution in [0.25, 0.3) is 0 Å². The van der Waals surface area contributed by atoms with Gasteiger partial charge in [0.1, 0.15) is 6.04 Å². The lowest BCUT2D eigenvalue weighted by Gasteiger charge is -2.33. The van der Waals surface area contributed by atoms with Gasteiger partial charge in [-0.25, -0.2) is 0 Å². The van der Waals surface area contributed by atoms with E-state index in [1.165, 1.54) is 5.56 Å². The summed E-state index contributed by atoms with van der Waals surface area (Å²) in [5.41, 5.74) is 5.08. The van der Waals surface area contributed by atoms with Crippen molar-refractivity contribution in [1.82, 2.24) is 10.2 Å². The molecule has 0 heterocycles. The predicted octanol–water partition coefficient (Wildman–Crippen LogP) is 4.88. The molecule has 0 aromatic heterocycles. The highest BCUT2D eigenvalue weighted by Gasteiger charge is 2.30. The number of hydrogen-bond acceptors (Lipinski definition) is 2. The van der Waals surface area contributed by atoms with Gasteiger partial charge in [-0.2, -0.15) is 0 Å². The molecule has 2 aromatic carbocycles. The molecule has 0 aliphatic heterocycles. The van der Waals surface area contributed by atoms with Gasteiger partial charge in [0.15, 0.2) is 0 Å². The number of nitrogens with one attached hydrogen (secondary N) is 1. The van der Waals surface area contributed by atoms with E-state index in [0.29, 0.717) is 19.4 Å². The molecule has 0 fully saturated rings. The number of aryl methyl sites for hydroxylation is 3. The normalized spacial score (nSPS) is 12.4. The average molecular weight is 409 g/mol. The topological polar surface area (TPSA) is 49.4 Å². The van der Waals surface area contributed by atoms with Crippen LogP contribution in [0, 0.1) is 20.8 Å². The third-order valence-electron chi connectivity index (χ3n) is 5.20. The number of carbonyl (C=O) groups excluding carboxylic acids is 2. The van der Waals surface area contributed by atoms with Gasteiger partial charge in [0, 0.05) is 12.1 Å². The molecule has 1 atom stereocenters. The monoisotopic (exact) mass is 408 g/mol. The Morgan fingerprint density at radius 1 is 0.967 bits per heavy atom. The van der Waals surface area contributed by atoms with Crippen molar-refractivity contribution >= 4 is 11.8 Å². The van der Waals surface area contributed by atoms with Crippen LogP contribution in [0.3, 0.4) is 0 Å². The van der Waals surface area contributed by atoms with Crippen LogP contribution >= 0.6 is 0 Å². The van der Waals surface area contributed by atoms with Crippen LogP contribution < -0.4 is 5.32 Å². The first kappa shape index (κ1) is 23.7.